The molecule has 0 saturated carbocycles. The van der Waals surface area contributed by atoms with Gasteiger partial charge in [-0.1, -0.05) is 12.8 Å². The summed E-state index contributed by atoms with van der Waals surface area (Å²) in [6.07, 6.45) is 4.42. The number of aromatic nitrogens is 2. The third kappa shape index (κ3) is 4.50. The largest absolute Gasteiger partial charge is 0.468 e. The number of hydrogen-bond donors (Lipinski definition) is 0. The van der Waals surface area contributed by atoms with E-state index in [1.54, 1.807) is 18.0 Å². The van der Waals surface area contributed by atoms with Crippen LogP contribution in [0, 0.1) is 0 Å². The Morgan fingerprint density at radius 1 is 1.08 bits per heavy atom. The molecule has 8 nitrogen and oxygen atoms in total. The zero-order valence-electron chi connectivity index (χ0n) is 14.8. The molecule has 2 fully saturated rings. The van der Waals surface area contributed by atoms with Crippen LogP contribution >= 0.6 is 0 Å². The molecule has 0 N–H and O–H groups in total. The number of hydrogen-bond acceptors (Lipinski definition) is 5. The smallest absolute Gasteiger partial charge is 0.274 e. The molecule has 0 aliphatic carbocycles. The number of ether oxygens (including phenoxy) is 2. The number of morpholine rings is 1. The molecule has 1 aromatic rings. The van der Waals surface area contributed by atoms with Gasteiger partial charge in [0.1, 0.15) is 0 Å². The van der Waals surface area contributed by atoms with Crippen LogP contribution in [-0.2, 0) is 16.6 Å². The first-order valence-corrected chi connectivity index (χ1v) is 8.97. The normalized spacial score (nSPS) is 18.8. The number of carbonyl (C=O) groups excluding carboxylic acids is 2. The van der Waals surface area contributed by atoms with Crippen LogP contribution in [0.15, 0.2) is 6.07 Å². The van der Waals surface area contributed by atoms with Gasteiger partial charge < -0.3 is 19.3 Å². The predicted molar refractivity (Wildman–Crippen MR) is 90.5 cm³/mol. The fourth-order valence-corrected chi connectivity index (χ4v) is 3.17. The quantitative estimate of drug-likeness (QED) is 0.798. The van der Waals surface area contributed by atoms with E-state index in [-0.39, 0.29) is 18.4 Å². The molecule has 0 unspecified atom stereocenters. The SMILES string of the molecule is Cn1nc(C(=O)N2CCCCCC2)cc1OCC(=O)N1CCOCC1. The molecule has 0 aromatic carbocycles. The van der Waals surface area contributed by atoms with E-state index in [1.807, 2.05) is 4.90 Å². The highest BCUT2D eigenvalue weighted by molar-refractivity contribution is 5.92. The molecule has 3 rings (SSSR count). The van der Waals surface area contributed by atoms with E-state index < -0.39 is 0 Å². The average molecular weight is 350 g/mol. The van der Waals surface area contributed by atoms with Crippen molar-refractivity contribution in [2.75, 3.05) is 46.0 Å². The lowest BCUT2D eigenvalue weighted by Crippen LogP contribution is -2.43. The second kappa shape index (κ2) is 8.33. The second-order valence-electron chi connectivity index (χ2n) is 6.48. The van der Waals surface area contributed by atoms with Crippen molar-refractivity contribution >= 4 is 11.8 Å². The minimum absolute atomic E-state index is 0.0587. The Morgan fingerprint density at radius 3 is 2.44 bits per heavy atom. The van der Waals surface area contributed by atoms with Gasteiger partial charge in [0, 0.05) is 39.3 Å². The fraction of sp³-hybridized carbons (Fsp3) is 0.706. The van der Waals surface area contributed by atoms with Crippen LogP contribution in [-0.4, -0.2) is 77.4 Å². The lowest BCUT2D eigenvalue weighted by molar-refractivity contribution is -0.137. The van der Waals surface area contributed by atoms with Gasteiger partial charge in [0.05, 0.1) is 13.2 Å². The van der Waals surface area contributed by atoms with E-state index in [0.29, 0.717) is 37.9 Å². The Balaban J connectivity index is 1.57. The van der Waals surface area contributed by atoms with Crippen LogP contribution < -0.4 is 4.74 Å². The third-order valence-electron chi connectivity index (χ3n) is 4.66. The molecule has 0 spiro atoms. The van der Waals surface area contributed by atoms with Crippen LogP contribution in [0.25, 0.3) is 0 Å². The highest BCUT2D eigenvalue weighted by Gasteiger charge is 2.22. The highest BCUT2D eigenvalue weighted by Crippen LogP contribution is 2.17. The van der Waals surface area contributed by atoms with E-state index in [0.717, 1.165) is 25.9 Å². The van der Waals surface area contributed by atoms with Crippen LogP contribution in [0.2, 0.25) is 0 Å². The first-order valence-electron chi connectivity index (χ1n) is 8.97. The minimum Gasteiger partial charge on any atom is -0.468 e. The van der Waals surface area contributed by atoms with Crippen molar-refractivity contribution in [2.45, 2.75) is 25.7 Å². The van der Waals surface area contributed by atoms with Gasteiger partial charge in [-0.15, -0.1) is 0 Å². The van der Waals surface area contributed by atoms with Crippen molar-refractivity contribution < 1.29 is 19.1 Å². The Hall–Kier alpha value is -2.09. The summed E-state index contributed by atoms with van der Waals surface area (Å²) in [5, 5.41) is 4.26. The zero-order chi connectivity index (χ0) is 17.6. The first kappa shape index (κ1) is 17.7. The van der Waals surface area contributed by atoms with Gasteiger partial charge in [-0.3, -0.25) is 9.59 Å². The molecule has 0 radical (unpaired) electrons. The summed E-state index contributed by atoms with van der Waals surface area (Å²) in [5.74, 6) is 0.288. The molecule has 2 aliphatic rings. The zero-order valence-corrected chi connectivity index (χ0v) is 14.8. The highest BCUT2D eigenvalue weighted by atomic mass is 16.5. The van der Waals surface area contributed by atoms with Crippen molar-refractivity contribution in [3.05, 3.63) is 11.8 Å². The Labute approximate surface area is 147 Å². The lowest BCUT2D eigenvalue weighted by Gasteiger charge is -2.26. The number of carbonyl (C=O) groups is 2. The summed E-state index contributed by atoms with van der Waals surface area (Å²) in [5.41, 5.74) is 0.373. The summed E-state index contributed by atoms with van der Waals surface area (Å²) in [7, 11) is 1.72. The Morgan fingerprint density at radius 2 is 1.76 bits per heavy atom. The van der Waals surface area contributed by atoms with Crippen LogP contribution in [0.4, 0.5) is 0 Å². The summed E-state index contributed by atoms with van der Waals surface area (Å²) in [6, 6.07) is 1.62. The van der Waals surface area contributed by atoms with Crippen LogP contribution in [0.1, 0.15) is 36.2 Å². The van der Waals surface area contributed by atoms with Gasteiger partial charge in [-0.25, -0.2) is 4.68 Å². The van der Waals surface area contributed by atoms with Gasteiger partial charge in [-0.05, 0) is 12.8 Å². The maximum atomic E-state index is 12.6. The summed E-state index contributed by atoms with van der Waals surface area (Å²) in [6.45, 7) is 3.80. The standard InChI is InChI=1S/C17H26N4O4/c1-19-16(25-13-15(22)20-8-10-24-11-9-20)12-14(18-19)17(23)21-6-4-2-3-5-7-21/h12H,2-11,13H2,1H3. The van der Waals surface area contributed by atoms with Gasteiger partial charge in [0.25, 0.3) is 11.8 Å². The molecular formula is C17H26N4O4. The van der Waals surface area contributed by atoms with Crippen LogP contribution in [0.5, 0.6) is 5.88 Å². The maximum Gasteiger partial charge on any atom is 0.274 e. The molecule has 2 saturated heterocycles. The van der Waals surface area contributed by atoms with E-state index >= 15 is 0 Å². The van der Waals surface area contributed by atoms with Crippen molar-refractivity contribution in [3.8, 4) is 5.88 Å². The molecule has 0 atom stereocenters. The number of amides is 2. The third-order valence-corrected chi connectivity index (χ3v) is 4.66. The first-order chi connectivity index (χ1) is 12.1. The monoisotopic (exact) mass is 350 g/mol. The van der Waals surface area contributed by atoms with E-state index in [4.69, 9.17) is 9.47 Å². The number of nitrogens with zero attached hydrogens (tertiary/aromatic N) is 4. The van der Waals surface area contributed by atoms with Gasteiger partial charge in [0.2, 0.25) is 5.88 Å². The van der Waals surface area contributed by atoms with E-state index in [1.165, 1.54) is 17.5 Å². The average Bonchev–Trinajstić information content (AvgIpc) is 2.84. The lowest BCUT2D eigenvalue weighted by atomic mass is 10.2. The number of rotatable bonds is 4. The van der Waals surface area contributed by atoms with Gasteiger partial charge >= 0.3 is 0 Å². The predicted octanol–water partition coefficient (Wildman–Crippen LogP) is 0.674. The van der Waals surface area contributed by atoms with Crippen molar-refractivity contribution in [3.63, 3.8) is 0 Å². The molecule has 8 heteroatoms. The second-order valence-corrected chi connectivity index (χ2v) is 6.48. The summed E-state index contributed by atoms with van der Waals surface area (Å²) in [4.78, 5) is 28.3. The number of likely N-dealkylation sites (tertiary alicyclic amines) is 1. The summed E-state index contributed by atoms with van der Waals surface area (Å²) >= 11 is 0. The molecule has 138 valence electrons. The van der Waals surface area contributed by atoms with E-state index in [9.17, 15) is 9.59 Å². The topological polar surface area (TPSA) is 76.9 Å². The maximum absolute atomic E-state index is 12.6. The molecule has 3 heterocycles. The molecule has 0 bridgehead atoms. The van der Waals surface area contributed by atoms with Crippen molar-refractivity contribution in [1.29, 1.82) is 0 Å². The van der Waals surface area contributed by atoms with E-state index in [2.05, 4.69) is 5.10 Å². The molecular weight excluding hydrogens is 324 g/mol. The summed E-state index contributed by atoms with van der Waals surface area (Å²) < 4.78 is 12.3. The molecule has 25 heavy (non-hydrogen) atoms. The Bertz CT molecular complexity index is 602. The molecule has 2 amide bonds. The number of aryl methyl sites for hydroxylation is 1. The van der Waals surface area contributed by atoms with Gasteiger partial charge in [0.15, 0.2) is 12.3 Å². The minimum atomic E-state index is -0.0788. The Kier molecular flexibility index (Phi) is 5.91. The van der Waals surface area contributed by atoms with Crippen molar-refractivity contribution in [1.82, 2.24) is 19.6 Å². The van der Waals surface area contributed by atoms with Crippen LogP contribution in [0.3, 0.4) is 0 Å². The molecule has 2 aliphatic heterocycles. The van der Waals surface area contributed by atoms with Gasteiger partial charge in [-0.2, -0.15) is 5.10 Å². The molecule has 1 aromatic heterocycles. The fourth-order valence-electron chi connectivity index (χ4n) is 3.17. The van der Waals surface area contributed by atoms with Crippen molar-refractivity contribution in [2.24, 2.45) is 7.05 Å².